The highest BCUT2D eigenvalue weighted by molar-refractivity contribution is 7.45. The number of hydrogen-bond acceptors (Lipinski definition) is 8. The number of rotatable bonds is 26. The first-order chi connectivity index (χ1) is 21.0. The number of alkyl carbamates (subject to hydrolysis) is 1. The van der Waals surface area contributed by atoms with Crippen molar-refractivity contribution in [1.82, 2.24) is 5.32 Å². The lowest BCUT2D eigenvalue weighted by atomic mass is 9.80. The third-order valence-corrected chi connectivity index (χ3v) is 10.5. The fourth-order valence-electron chi connectivity index (χ4n) is 6.28. The monoisotopic (exact) mass is 644 g/mol. The molecule has 0 radical (unpaired) electrons. The summed E-state index contributed by atoms with van der Waals surface area (Å²) in [5.74, 6) is -0.231. The Balaban J connectivity index is 1.15. The van der Waals surface area contributed by atoms with Crippen molar-refractivity contribution in [1.29, 1.82) is 0 Å². The summed E-state index contributed by atoms with van der Waals surface area (Å²) in [5, 5.41) is 4.77. The van der Waals surface area contributed by atoms with Crippen LogP contribution in [0.1, 0.15) is 122 Å². The maximum atomic E-state index is 12.3. The van der Waals surface area contributed by atoms with Crippen LogP contribution in [-0.4, -0.2) is 44.7 Å². The molecule has 5 atom stereocenters. The van der Waals surface area contributed by atoms with E-state index in [9.17, 15) is 14.3 Å². The normalized spacial score (nSPS) is 22.6. The van der Waals surface area contributed by atoms with E-state index in [-0.39, 0.29) is 43.9 Å². The summed E-state index contributed by atoms with van der Waals surface area (Å²) in [6.45, 7) is 3.50. The Morgan fingerprint density at radius 2 is 1.44 bits per heavy atom. The molecule has 43 heavy (non-hydrogen) atoms. The third kappa shape index (κ3) is 15.2. The Bertz CT molecular complexity index is 906. The zero-order valence-electron chi connectivity index (χ0n) is 26.5. The summed E-state index contributed by atoms with van der Waals surface area (Å²) in [7, 11) is -4.43. The lowest BCUT2D eigenvalue weighted by Gasteiger charge is -2.30. The van der Waals surface area contributed by atoms with Crippen molar-refractivity contribution >= 4 is 25.3 Å². The van der Waals surface area contributed by atoms with Crippen LogP contribution >= 0.6 is 19.2 Å². The maximum absolute atomic E-state index is 12.3. The van der Waals surface area contributed by atoms with Crippen LogP contribution in [-0.2, 0) is 29.6 Å². The van der Waals surface area contributed by atoms with Gasteiger partial charge in [-0.25, -0.2) is 4.79 Å². The molecule has 2 aliphatic rings. The number of unbranched alkanes of at least 4 members (excludes halogenated alkanes) is 15. The van der Waals surface area contributed by atoms with Crippen LogP contribution in [0.2, 0.25) is 0 Å². The van der Waals surface area contributed by atoms with Gasteiger partial charge in [0.15, 0.2) is 12.7 Å². The van der Waals surface area contributed by atoms with Gasteiger partial charge in [0, 0.05) is 18.4 Å². The van der Waals surface area contributed by atoms with E-state index < -0.39 is 13.9 Å². The van der Waals surface area contributed by atoms with Gasteiger partial charge in [0.2, 0.25) is 5.51 Å². The standard InChI is InChI=1S/C32H57N2O7PS/c1-2-3-4-5-6-7-8-9-10-11-12-13-14-15-16-17-20-33-32(35)38-25-28-29(31-19-18-30(28)41-31)26-40-42(36,37)39-23-21-34-22-24-43-27-34/h22,24,27-31H,2-21,23,25-26H2,1H3,(H-,33,35,36,37)/t28-,29+,30-,31+/m1/s1. The summed E-state index contributed by atoms with van der Waals surface area (Å²) < 4.78 is 35.9. The molecule has 1 aromatic rings. The first-order valence-electron chi connectivity index (χ1n) is 17.1. The molecule has 1 unspecified atom stereocenters. The van der Waals surface area contributed by atoms with Crippen LogP contribution in [0.25, 0.3) is 0 Å². The van der Waals surface area contributed by atoms with Crippen molar-refractivity contribution in [3.8, 4) is 0 Å². The number of phosphoric ester groups is 1. The summed E-state index contributed by atoms with van der Waals surface area (Å²) in [5.41, 5.74) is 1.88. The van der Waals surface area contributed by atoms with E-state index in [0.29, 0.717) is 13.1 Å². The van der Waals surface area contributed by atoms with Crippen LogP contribution in [0, 0.1) is 11.8 Å². The highest BCUT2D eigenvalue weighted by Gasteiger charge is 2.49. The number of amides is 1. The first-order valence-corrected chi connectivity index (χ1v) is 19.5. The van der Waals surface area contributed by atoms with E-state index in [0.717, 1.165) is 25.7 Å². The molecule has 0 saturated carbocycles. The third-order valence-electron chi connectivity index (χ3n) is 8.85. The largest absolute Gasteiger partial charge is 0.756 e. The number of ether oxygens (including phenoxy) is 2. The van der Waals surface area contributed by atoms with E-state index in [4.69, 9.17) is 18.5 Å². The number of fused-ring (bicyclic) bond motifs is 2. The van der Waals surface area contributed by atoms with E-state index in [1.165, 1.54) is 101 Å². The van der Waals surface area contributed by atoms with E-state index in [1.54, 1.807) is 0 Å². The zero-order valence-corrected chi connectivity index (χ0v) is 28.2. The molecule has 0 aromatic carbocycles. The Morgan fingerprint density at radius 3 is 2.00 bits per heavy atom. The van der Waals surface area contributed by atoms with Crippen molar-refractivity contribution in [3.63, 3.8) is 0 Å². The number of aromatic nitrogens is 1. The molecule has 3 rings (SSSR count). The minimum Gasteiger partial charge on any atom is -0.756 e. The minimum absolute atomic E-state index is 0.0154. The fraction of sp³-hybridized carbons (Fsp3) is 0.875. The number of nitrogens with one attached hydrogen (secondary N) is 1. The highest BCUT2D eigenvalue weighted by atomic mass is 32.1. The number of hydrogen-bond donors (Lipinski definition) is 1. The quantitative estimate of drug-likeness (QED) is 0.0639. The second kappa shape index (κ2) is 21.7. The number of carbonyl (C=O) groups is 1. The summed E-state index contributed by atoms with van der Waals surface area (Å²) in [6.07, 6.45) is 24.2. The van der Waals surface area contributed by atoms with Gasteiger partial charge in [-0.3, -0.25) is 4.57 Å². The Morgan fingerprint density at radius 1 is 0.884 bits per heavy atom. The molecule has 1 aromatic heterocycles. The van der Waals surface area contributed by atoms with Gasteiger partial charge in [0.25, 0.3) is 7.82 Å². The predicted octanol–water partition coefficient (Wildman–Crippen LogP) is 7.32. The second-order valence-corrected chi connectivity index (χ2v) is 14.5. The van der Waals surface area contributed by atoms with Gasteiger partial charge >= 0.3 is 6.09 Å². The lowest BCUT2D eigenvalue weighted by molar-refractivity contribution is -0.693. The SMILES string of the molecule is CCCCCCCCCCCCCCCCCCNC(=O)OC[C@@H]1[C@H](COP(=O)([O-])OCC[n+]2ccsc2)[C@@H]2CC[C@H]1O2. The summed E-state index contributed by atoms with van der Waals surface area (Å²) in [4.78, 5) is 24.6. The molecule has 2 saturated heterocycles. The van der Waals surface area contributed by atoms with Gasteiger partial charge in [-0.1, -0.05) is 115 Å². The minimum atomic E-state index is -4.43. The number of nitrogens with zero attached hydrogens (tertiary/aromatic N) is 1. The van der Waals surface area contributed by atoms with E-state index >= 15 is 0 Å². The molecule has 2 aliphatic heterocycles. The lowest BCUT2D eigenvalue weighted by Crippen LogP contribution is -2.36. The topological polar surface area (TPSA) is 110 Å². The Kier molecular flexibility index (Phi) is 18.4. The van der Waals surface area contributed by atoms with Crippen molar-refractivity contribution in [3.05, 3.63) is 17.1 Å². The summed E-state index contributed by atoms with van der Waals surface area (Å²) >= 11 is 1.53. The predicted molar refractivity (Wildman–Crippen MR) is 168 cm³/mol. The molecular formula is C32H57N2O7PS. The van der Waals surface area contributed by atoms with Gasteiger partial charge in [-0.2, -0.15) is 4.57 Å². The number of phosphoric acid groups is 1. The smallest absolute Gasteiger partial charge is 0.407 e. The molecule has 248 valence electrons. The van der Waals surface area contributed by atoms with Crippen LogP contribution in [0.4, 0.5) is 4.79 Å². The molecule has 11 heteroatoms. The number of thiazole rings is 1. The fourth-order valence-corrected chi connectivity index (χ4v) is 7.64. The van der Waals surface area contributed by atoms with Crippen LogP contribution < -0.4 is 14.8 Å². The van der Waals surface area contributed by atoms with Gasteiger partial charge < -0.3 is 28.7 Å². The maximum Gasteiger partial charge on any atom is 0.407 e. The highest BCUT2D eigenvalue weighted by Crippen LogP contribution is 2.46. The zero-order chi connectivity index (χ0) is 30.6. The average molecular weight is 645 g/mol. The molecule has 1 amide bonds. The van der Waals surface area contributed by atoms with Crippen molar-refractivity contribution in [2.24, 2.45) is 11.8 Å². The molecule has 0 spiro atoms. The van der Waals surface area contributed by atoms with Crippen molar-refractivity contribution < 1.29 is 37.3 Å². The number of carbonyl (C=O) groups excluding carboxylic acids is 1. The molecule has 1 N–H and O–H groups in total. The molecule has 2 fully saturated rings. The molecule has 2 bridgehead atoms. The summed E-state index contributed by atoms with van der Waals surface area (Å²) in [6, 6.07) is 0. The molecule has 3 heterocycles. The Labute approximate surface area is 264 Å². The molecule has 9 nitrogen and oxygen atoms in total. The molecular weight excluding hydrogens is 587 g/mol. The second-order valence-electron chi connectivity index (χ2n) is 12.3. The van der Waals surface area contributed by atoms with Crippen molar-refractivity contribution in [2.45, 2.75) is 141 Å². The molecule has 0 aliphatic carbocycles. The van der Waals surface area contributed by atoms with E-state index in [1.807, 2.05) is 21.7 Å². The Hall–Kier alpha value is -1.03. The van der Waals surface area contributed by atoms with E-state index in [2.05, 4.69) is 12.2 Å². The first kappa shape index (κ1) is 36.4. The van der Waals surface area contributed by atoms with Crippen LogP contribution in [0.5, 0.6) is 0 Å². The van der Waals surface area contributed by atoms with Gasteiger partial charge in [0.1, 0.15) is 6.61 Å². The van der Waals surface area contributed by atoms with Crippen LogP contribution in [0.15, 0.2) is 17.1 Å². The average Bonchev–Trinajstić information content (AvgIpc) is 3.75. The van der Waals surface area contributed by atoms with Crippen LogP contribution in [0.3, 0.4) is 0 Å². The van der Waals surface area contributed by atoms with Gasteiger partial charge in [0.05, 0.1) is 30.8 Å². The van der Waals surface area contributed by atoms with Gasteiger partial charge in [-0.05, 0) is 19.3 Å². The van der Waals surface area contributed by atoms with Gasteiger partial charge in [-0.15, -0.1) is 0 Å². The van der Waals surface area contributed by atoms with Crippen molar-refractivity contribution in [2.75, 3.05) is 26.4 Å².